The maximum Gasteiger partial charge on any atom is 0.256 e. The van der Waals surface area contributed by atoms with Crippen molar-refractivity contribution in [2.45, 2.75) is 24.9 Å². The van der Waals surface area contributed by atoms with Crippen LogP contribution in [0.25, 0.3) is 10.4 Å². The van der Waals surface area contributed by atoms with E-state index < -0.39 is 6.04 Å². The zero-order chi connectivity index (χ0) is 21.4. The summed E-state index contributed by atoms with van der Waals surface area (Å²) in [5.41, 5.74) is 2.45. The number of benzene rings is 1. The van der Waals surface area contributed by atoms with E-state index in [1.54, 1.807) is 40.6 Å². The number of aromatic nitrogens is 1. The number of nitrogens with zero attached hydrogens (tertiary/aromatic N) is 2. The summed E-state index contributed by atoms with van der Waals surface area (Å²) < 4.78 is 0. The highest BCUT2D eigenvalue weighted by Gasteiger charge is 2.40. The monoisotopic (exact) mass is 432 g/mol. The van der Waals surface area contributed by atoms with Gasteiger partial charge in [0.25, 0.3) is 11.8 Å². The van der Waals surface area contributed by atoms with Gasteiger partial charge in [-0.2, -0.15) is 0 Å². The molecule has 3 aromatic rings. The van der Waals surface area contributed by atoms with Gasteiger partial charge in [-0.1, -0.05) is 12.1 Å². The minimum absolute atomic E-state index is 0.159. The molecule has 1 fully saturated rings. The fourth-order valence-electron chi connectivity index (χ4n) is 4.15. The number of amides is 3. The minimum atomic E-state index is -0.627. The van der Waals surface area contributed by atoms with Crippen molar-refractivity contribution >= 4 is 34.7 Å². The molecule has 5 rings (SSSR count). The Morgan fingerprint density at radius 1 is 1.19 bits per heavy atom. The van der Waals surface area contributed by atoms with Crippen molar-refractivity contribution < 1.29 is 14.4 Å². The Bertz CT molecular complexity index is 1150. The van der Waals surface area contributed by atoms with Crippen LogP contribution in [0.15, 0.2) is 60.2 Å². The van der Waals surface area contributed by atoms with Gasteiger partial charge < -0.3 is 15.5 Å². The fraction of sp³-hybridized carbons (Fsp3) is 0.217. The number of hydrogen-bond acceptors (Lipinski definition) is 5. The SMILES string of the molecule is O=C(NC1CCN2C(=O)c3cc(-c4cccs4)ccc3NC(=O)C2C1)c1cccnc1. The molecular weight excluding hydrogens is 412 g/mol. The molecule has 2 atom stereocenters. The molecule has 4 heterocycles. The lowest BCUT2D eigenvalue weighted by atomic mass is 9.95. The molecule has 0 spiro atoms. The van der Waals surface area contributed by atoms with Crippen molar-refractivity contribution in [3.8, 4) is 10.4 Å². The van der Waals surface area contributed by atoms with Crippen LogP contribution < -0.4 is 10.6 Å². The third kappa shape index (κ3) is 3.70. The molecule has 2 aliphatic rings. The number of nitrogens with one attached hydrogen (secondary N) is 2. The highest BCUT2D eigenvalue weighted by atomic mass is 32.1. The van der Waals surface area contributed by atoms with Crippen LogP contribution in [0.5, 0.6) is 0 Å². The fourth-order valence-corrected chi connectivity index (χ4v) is 4.87. The minimum Gasteiger partial charge on any atom is -0.349 e. The number of piperidine rings is 1. The first-order valence-corrected chi connectivity index (χ1v) is 11.0. The van der Waals surface area contributed by atoms with Gasteiger partial charge in [0, 0.05) is 29.9 Å². The molecule has 7 nitrogen and oxygen atoms in total. The maximum absolute atomic E-state index is 13.3. The van der Waals surface area contributed by atoms with Crippen molar-refractivity contribution in [1.29, 1.82) is 0 Å². The molecule has 0 bridgehead atoms. The van der Waals surface area contributed by atoms with Gasteiger partial charge in [0.2, 0.25) is 5.91 Å². The molecule has 0 saturated carbocycles. The standard InChI is InChI=1S/C23H20N4O3S/c28-21(15-3-1-8-24-13-15)25-16-7-9-27-19(12-16)22(29)26-18-6-5-14(11-17(18)23(27)30)20-4-2-10-31-20/h1-6,8,10-11,13,16,19H,7,9,12H2,(H,25,28)(H,26,29). The second-order valence-electron chi connectivity index (χ2n) is 7.68. The maximum atomic E-state index is 13.3. The van der Waals surface area contributed by atoms with E-state index in [-0.39, 0.29) is 23.8 Å². The predicted octanol–water partition coefficient (Wildman–Crippen LogP) is 3.17. The summed E-state index contributed by atoms with van der Waals surface area (Å²) in [4.78, 5) is 45.4. The summed E-state index contributed by atoms with van der Waals surface area (Å²) in [5.74, 6) is -0.610. The Morgan fingerprint density at radius 3 is 2.87 bits per heavy atom. The summed E-state index contributed by atoms with van der Waals surface area (Å²) in [6.07, 6.45) is 4.07. The molecular formula is C23H20N4O3S. The molecule has 2 aliphatic heterocycles. The summed E-state index contributed by atoms with van der Waals surface area (Å²) in [5, 5.41) is 7.88. The number of pyridine rings is 1. The Kier molecular flexibility index (Phi) is 4.99. The number of carbonyl (C=O) groups is 3. The normalized spacial score (nSPS) is 20.3. The van der Waals surface area contributed by atoms with Crippen molar-refractivity contribution in [3.63, 3.8) is 0 Å². The Morgan fingerprint density at radius 2 is 2.10 bits per heavy atom. The lowest BCUT2D eigenvalue weighted by molar-refractivity contribution is -0.121. The van der Waals surface area contributed by atoms with E-state index in [4.69, 9.17) is 0 Å². The molecule has 31 heavy (non-hydrogen) atoms. The van der Waals surface area contributed by atoms with Crippen LogP contribution in [0.1, 0.15) is 33.6 Å². The zero-order valence-electron chi connectivity index (χ0n) is 16.6. The van der Waals surface area contributed by atoms with E-state index in [0.29, 0.717) is 36.2 Å². The first-order valence-electron chi connectivity index (χ1n) is 10.1. The van der Waals surface area contributed by atoms with Crippen LogP contribution in [0.2, 0.25) is 0 Å². The lowest BCUT2D eigenvalue weighted by Crippen LogP contribution is -2.55. The average molecular weight is 433 g/mol. The third-order valence-corrected chi connectivity index (χ3v) is 6.66. The molecule has 0 aliphatic carbocycles. The highest BCUT2D eigenvalue weighted by molar-refractivity contribution is 7.13. The zero-order valence-corrected chi connectivity index (χ0v) is 17.4. The van der Waals surface area contributed by atoms with Gasteiger partial charge in [0.1, 0.15) is 6.04 Å². The van der Waals surface area contributed by atoms with E-state index in [2.05, 4.69) is 15.6 Å². The van der Waals surface area contributed by atoms with Gasteiger partial charge in [-0.05, 0) is 54.1 Å². The van der Waals surface area contributed by atoms with Crippen LogP contribution in [0.3, 0.4) is 0 Å². The Hall–Kier alpha value is -3.52. The van der Waals surface area contributed by atoms with Crippen LogP contribution in [-0.2, 0) is 4.79 Å². The van der Waals surface area contributed by atoms with E-state index in [1.165, 1.54) is 6.20 Å². The van der Waals surface area contributed by atoms with E-state index in [0.717, 1.165) is 10.4 Å². The van der Waals surface area contributed by atoms with Gasteiger partial charge in [0.15, 0.2) is 0 Å². The largest absolute Gasteiger partial charge is 0.349 e. The summed E-state index contributed by atoms with van der Waals surface area (Å²) in [6, 6.07) is 12.1. The Labute approximate surface area is 183 Å². The van der Waals surface area contributed by atoms with Crippen molar-refractivity contribution in [2.24, 2.45) is 0 Å². The van der Waals surface area contributed by atoms with Gasteiger partial charge >= 0.3 is 0 Å². The van der Waals surface area contributed by atoms with Crippen LogP contribution >= 0.6 is 11.3 Å². The predicted molar refractivity (Wildman–Crippen MR) is 118 cm³/mol. The first-order chi connectivity index (χ1) is 15.1. The van der Waals surface area contributed by atoms with Crippen LogP contribution in [0.4, 0.5) is 5.69 Å². The van der Waals surface area contributed by atoms with E-state index >= 15 is 0 Å². The number of anilines is 1. The van der Waals surface area contributed by atoms with Crippen molar-refractivity contribution in [3.05, 3.63) is 71.4 Å². The summed E-state index contributed by atoms with van der Waals surface area (Å²) in [6.45, 7) is 0.400. The molecule has 0 radical (unpaired) electrons. The van der Waals surface area contributed by atoms with Gasteiger partial charge in [-0.25, -0.2) is 0 Å². The number of fused-ring (bicyclic) bond motifs is 2. The van der Waals surface area contributed by atoms with E-state index in [1.807, 2.05) is 29.6 Å². The van der Waals surface area contributed by atoms with Crippen LogP contribution in [-0.4, -0.2) is 46.2 Å². The second kappa shape index (κ2) is 7.96. The molecule has 1 saturated heterocycles. The molecule has 2 unspecified atom stereocenters. The van der Waals surface area contributed by atoms with Crippen molar-refractivity contribution in [2.75, 3.05) is 11.9 Å². The number of carbonyl (C=O) groups excluding carboxylic acids is 3. The molecule has 2 aromatic heterocycles. The molecule has 3 amide bonds. The number of thiophene rings is 1. The molecule has 156 valence electrons. The quantitative estimate of drug-likeness (QED) is 0.665. The van der Waals surface area contributed by atoms with Crippen LogP contribution in [0, 0.1) is 0 Å². The summed E-state index contributed by atoms with van der Waals surface area (Å²) >= 11 is 1.60. The topological polar surface area (TPSA) is 91.4 Å². The van der Waals surface area contributed by atoms with Gasteiger partial charge in [0.05, 0.1) is 16.8 Å². The first kappa shape index (κ1) is 19.4. The van der Waals surface area contributed by atoms with E-state index in [9.17, 15) is 14.4 Å². The van der Waals surface area contributed by atoms with Gasteiger partial charge in [-0.3, -0.25) is 19.4 Å². The molecule has 1 aromatic carbocycles. The smallest absolute Gasteiger partial charge is 0.256 e. The third-order valence-electron chi connectivity index (χ3n) is 5.74. The number of hydrogen-bond donors (Lipinski definition) is 2. The van der Waals surface area contributed by atoms with Gasteiger partial charge in [-0.15, -0.1) is 11.3 Å². The molecule has 2 N–H and O–H groups in total. The van der Waals surface area contributed by atoms with Crippen molar-refractivity contribution in [1.82, 2.24) is 15.2 Å². The molecule has 8 heteroatoms. The average Bonchev–Trinajstić information content (AvgIpc) is 3.31. The second-order valence-corrected chi connectivity index (χ2v) is 8.63. The summed E-state index contributed by atoms with van der Waals surface area (Å²) in [7, 11) is 0. The lowest BCUT2D eigenvalue weighted by Gasteiger charge is -2.37. The Balaban J connectivity index is 1.37. The number of rotatable bonds is 3. The highest BCUT2D eigenvalue weighted by Crippen LogP contribution is 2.33.